The summed E-state index contributed by atoms with van der Waals surface area (Å²) in [6.45, 7) is 8.65. The standard InChI is InChI=1S/C31H39N3O6S/c1-22-13-11-12-14-24(22)20-33(23(2)30(36)32-31(3,4)5)29(35)21-34(41(37,38)26-15-9-8-10-16-26)27-19-25(39-6)17-18-28(27)40-7/h8-19,23H,20-21H2,1-7H3,(H,32,36). The second kappa shape index (κ2) is 13.1. The molecule has 1 unspecified atom stereocenters. The summed E-state index contributed by atoms with van der Waals surface area (Å²) in [7, 11) is -1.36. The molecule has 0 heterocycles. The Kier molecular flexibility index (Phi) is 10.0. The van der Waals surface area contributed by atoms with Gasteiger partial charge in [-0.15, -0.1) is 0 Å². The van der Waals surface area contributed by atoms with E-state index in [2.05, 4.69) is 5.32 Å². The number of amides is 2. The van der Waals surface area contributed by atoms with Gasteiger partial charge in [0.1, 0.15) is 24.1 Å². The molecule has 0 radical (unpaired) electrons. The number of rotatable bonds is 11. The van der Waals surface area contributed by atoms with Gasteiger partial charge in [0.05, 0.1) is 24.8 Å². The van der Waals surface area contributed by atoms with Gasteiger partial charge < -0.3 is 19.7 Å². The van der Waals surface area contributed by atoms with Crippen LogP contribution in [-0.2, 0) is 26.2 Å². The first-order valence-electron chi connectivity index (χ1n) is 13.2. The zero-order valence-corrected chi connectivity index (χ0v) is 25.5. The lowest BCUT2D eigenvalue weighted by Crippen LogP contribution is -2.54. The summed E-state index contributed by atoms with van der Waals surface area (Å²) in [4.78, 5) is 28.8. The number of ether oxygens (including phenoxy) is 2. The summed E-state index contributed by atoms with van der Waals surface area (Å²) >= 11 is 0. The first-order valence-corrected chi connectivity index (χ1v) is 14.7. The Hall–Kier alpha value is -4.05. The summed E-state index contributed by atoms with van der Waals surface area (Å²) in [6.07, 6.45) is 0. The van der Waals surface area contributed by atoms with Gasteiger partial charge in [-0.05, 0) is 70.0 Å². The summed E-state index contributed by atoms with van der Waals surface area (Å²) < 4.78 is 39.9. The van der Waals surface area contributed by atoms with E-state index in [0.717, 1.165) is 15.4 Å². The van der Waals surface area contributed by atoms with Gasteiger partial charge in [0.25, 0.3) is 10.0 Å². The maximum absolute atomic E-state index is 14.2. The quantitative estimate of drug-likeness (QED) is 0.357. The van der Waals surface area contributed by atoms with Crippen molar-refractivity contribution >= 4 is 27.5 Å². The molecule has 220 valence electrons. The van der Waals surface area contributed by atoms with Crippen molar-refractivity contribution in [2.45, 2.75) is 57.6 Å². The molecule has 0 aliphatic heterocycles. The molecule has 0 aliphatic carbocycles. The largest absolute Gasteiger partial charge is 0.497 e. The maximum atomic E-state index is 14.2. The van der Waals surface area contributed by atoms with E-state index in [1.165, 1.54) is 37.3 Å². The first-order chi connectivity index (χ1) is 19.3. The van der Waals surface area contributed by atoms with Crippen molar-refractivity contribution in [3.05, 3.63) is 83.9 Å². The van der Waals surface area contributed by atoms with Gasteiger partial charge in [-0.1, -0.05) is 42.5 Å². The summed E-state index contributed by atoms with van der Waals surface area (Å²) in [5.41, 5.74) is 1.38. The van der Waals surface area contributed by atoms with E-state index in [4.69, 9.17) is 9.47 Å². The third-order valence-electron chi connectivity index (χ3n) is 6.53. The predicted molar refractivity (Wildman–Crippen MR) is 160 cm³/mol. The predicted octanol–water partition coefficient (Wildman–Crippen LogP) is 4.54. The van der Waals surface area contributed by atoms with Crippen LogP contribution in [0.1, 0.15) is 38.8 Å². The van der Waals surface area contributed by atoms with Crippen molar-refractivity contribution in [1.82, 2.24) is 10.2 Å². The van der Waals surface area contributed by atoms with Gasteiger partial charge >= 0.3 is 0 Å². The molecular formula is C31H39N3O6S. The number of sulfonamides is 1. The van der Waals surface area contributed by atoms with E-state index in [0.29, 0.717) is 5.75 Å². The zero-order chi connectivity index (χ0) is 30.4. The lowest BCUT2D eigenvalue weighted by Gasteiger charge is -2.34. The minimum atomic E-state index is -4.25. The molecule has 10 heteroatoms. The molecule has 0 aliphatic rings. The number of carbonyl (C=O) groups is 2. The molecule has 0 bridgehead atoms. The fourth-order valence-corrected chi connectivity index (χ4v) is 5.69. The van der Waals surface area contributed by atoms with Crippen LogP contribution in [0.15, 0.2) is 77.7 Å². The number of hydrogen-bond acceptors (Lipinski definition) is 6. The van der Waals surface area contributed by atoms with Crippen LogP contribution >= 0.6 is 0 Å². The molecule has 0 fully saturated rings. The number of anilines is 1. The second-order valence-corrected chi connectivity index (χ2v) is 12.6. The number of nitrogens with one attached hydrogen (secondary N) is 1. The molecule has 41 heavy (non-hydrogen) atoms. The van der Waals surface area contributed by atoms with Crippen molar-refractivity contribution < 1.29 is 27.5 Å². The average molecular weight is 582 g/mol. The van der Waals surface area contributed by atoms with E-state index in [1.807, 2.05) is 52.0 Å². The number of benzene rings is 3. The molecule has 3 aromatic carbocycles. The number of aryl methyl sites for hydroxylation is 1. The highest BCUT2D eigenvalue weighted by Gasteiger charge is 2.34. The molecule has 2 amide bonds. The molecule has 0 aromatic heterocycles. The van der Waals surface area contributed by atoms with Crippen molar-refractivity contribution in [1.29, 1.82) is 0 Å². The normalized spacial score (nSPS) is 12.3. The molecule has 0 saturated carbocycles. The Morgan fingerprint density at radius 3 is 2.15 bits per heavy atom. The highest BCUT2D eigenvalue weighted by atomic mass is 32.2. The van der Waals surface area contributed by atoms with E-state index in [-0.39, 0.29) is 28.8 Å². The third-order valence-corrected chi connectivity index (χ3v) is 8.31. The average Bonchev–Trinajstić information content (AvgIpc) is 2.94. The Balaban J connectivity index is 2.13. The SMILES string of the molecule is COc1ccc(OC)c(N(CC(=O)N(Cc2ccccc2C)C(C)C(=O)NC(C)(C)C)S(=O)(=O)c2ccccc2)c1. The summed E-state index contributed by atoms with van der Waals surface area (Å²) in [6, 6.07) is 19.2. The van der Waals surface area contributed by atoms with Crippen molar-refractivity contribution in [2.24, 2.45) is 0 Å². The Bertz CT molecular complexity index is 1470. The van der Waals surface area contributed by atoms with Crippen LogP contribution in [0.2, 0.25) is 0 Å². The number of hydrogen-bond donors (Lipinski definition) is 1. The van der Waals surface area contributed by atoms with Gasteiger partial charge in [0.15, 0.2) is 0 Å². The molecule has 3 rings (SSSR count). The van der Waals surface area contributed by atoms with Crippen molar-refractivity contribution in [3.63, 3.8) is 0 Å². The molecule has 1 N–H and O–H groups in total. The Morgan fingerprint density at radius 2 is 1.56 bits per heavy atom. The highest BCUT2D eigenvalue weighted by Crippen LogP contribution is 2.36. The van der Waals surface area contributed by atoms with Gasteiger partial charge in [0.2, 0.25) is 11.8 Å². The number of methoxy groups -OCH3 is 2. The first kappa shape index (κ1) is 31.5. The lowest BCUT2D eigenvalue weighted by molar-refractivity contribution is -0.140. The minimum Gasteiger partial charge on any atom is -0.497 e. The van der Waals surface area contributed by atoms with Gasteiger partial charge in [-0.2, -0.15) is 0 Å². The van der Waals surface area contributed by atoms with E-state index in [1.54, 1.807) is 37.3 Å². The summed E-state index contributed by atoms with van der Waals surface area (Å²) in [5, 5.41) is 2.93. The summed E-state index contributed by atoms with van der Waals surface area (Å²) in [5.74, 6) is -0.289. The van der Waals surface area contributed by atoms with Crippen LogP contribution in [0.25, 0.3) is 0 Å². The molecule has 3 aromatic rings. The highest BCUT2D eigenvalue weighted by molar-refractivity contribution is 7.92. The van der Waals surface area contributed by atoms with Crippen LogP contribution in [0.3, 0.4) is 0 Å². The van der Waals surface area contributed by atoms with Crippen molar-refractivity contribution in [3.8, 4) is 11.5 Å². The Labute approximate surface area is 243 Å². The molecule has 0 saturated heterocycles. The van der Waals surface area contributed by atoms with Gasteiger partial charge in [-0.3, -0.25) is 13.9 Å². The van der Waals surface area contributed by atoms with Crippen LogP contribution < -0.4 is 19.1 Å². The molecule has 9 nitrogen and oxygen atoms in total. The Morgan fingerprint density at radius 1 is 0.927 bits per heavy atom. The third kappa shape index (κ3) is 7.79. The van der Waals surface area contributed by atoms with Crippen LogP contribution in [0, 0.1) is 6.92 Å². The smallest absolute Gasteiger partial charge is 0.264 e. The van der Waals surface area contributed by atoms with Gasteiger partial charge in [-0.25, -0.2) is 8.42 Å². The molecule has 0 spiro atoms. The maximum Gasteiger partial charge on any atom is 0.264 e. The second-order valence-electron chi connectivity index (χ2n) is 10.7. The molecule has 1 atom stereocenters. The minimum absolute atomic E-state index is 0.00153. The van der Waals surface area contributed by atoms with Crippen LogP contribution in [-0.4, -0.2) is 57.5 Å². The topological polar surface area (TPSA) is 105 Å². The lowest BCUT2D eigenvalue weighted by atomic mass is 10.1. The van der Waals surface area contributed by atoms with E-state index < -0.39 is 34.1 Å². The monoisotopic (exact) mass is 581 g/mol. The number of nitrogens with zero attached hydrogens (tertiary/aromatic N) is 2. The number of carbonyl (C=O) groups excluding carboxylic acids is 2. The fourth-order valence-electron chi connectivity index (χ4n) is 4.25. The van der Waals surface area contributed by atoms with Crippen LogP contribution in [0.4, 0.5) is 5.69 Å². The zero-order valence-electron chi connectivity index (χ0n) is 24.7. The molecular weight excluding hydrogens is 542 g/mol. The fraction of sp³-hybridized carbons (Fsp3) is 0.355. The van der Waals surface area contributed by atoms with E-state index >= 15 is 0 Å². The van der Waals surface area contributed by atoms with Gasteiger partial charge in [0, 0.05) is 18.2 Å². The van der Waals surface area contributed by atoms with E-state index in [9.17, 15) is 18.0 Å². The van der Waals surface area contributed by atoms with Crippen molar-refractivity contribution in [2.75, 3.05) is 25.1 Å². The van der Waals surface area contributed by atoms with Crippen LogP contribution in [0.5, 0.6) is 11.5 Å².